The molecule has 1 heterocycles. The van der Waals surface area contributed by atoms with Crippen molar-refractivity contribution in [3.05, 3.63) is 65.5 Å². The maximum atomic E-state index is 12.6. The second-order valence-corrected chi connectivity index (χ2v) is 7.57. The first-order valence-electron chi connectivity index (χ1n) is 9.93. The Hall–Kier alpha value is -3.68. The highest BCUT2D eigenvalue weighted by molar-refractivity contribution is 5.91. The van der Waals surface area contributed by atoms with E-state index in [1.54, 1.807) is 0 Å². The van der Waals surface area contributed by atoms with Crippen LogP contribution in [-0.2, 0) is 4.79 Å². The first-order chi connectivity index (χ1) is 14.5. The highest BCUT2D eigenvalue weighted by atomic mass is 16.2. The summed E-state index contributed by atoms with van der Waals surface area (Å²) in [6.07, 6.45) is 2.39. The second-order valence-electron chi connectivity index (χ2n) is 7.57. The van der Waals surface area contributed by atoms with Crippen LogP contribution in [0.1, 0.15) is 48.2 Å². The molecule has 4 rings (SSSR count). The van der Waals surface area contributed by atoms with Crippen LogP contribution in [0.15, 0.2) is 48.5 Å². The summed E-state index contributed by atoms with van der Waals surface area (Å²) in [6.45, 7) is 1.93. The molecule has 1 fully saturated rings. The molecule has 30 heavy (non-hydrogen) atoms. The predicted molar refractivity (Wildman–Crippen MR) is 114 cm³/mol. The number of carbonyl (C=O) groups excluding carboxylic acids is 2. The number of nitrogens with one attached hydrogen (secondary N) is 3. The number of amides is 3. The summed E-state index contributed by atoms with van der Waals surface area (Å²) in [7, 11) is 0. The Morgan fingerprint density at radius 3 is 2.57 bits per heavy atom. The number of aromatic nitrogens is 3. The van der Waals surface area contributed by atoms with E-state index in [9.17, 15) is 9.59 Å². The lowest BCUT2D eigenvalue weighted by Gasteiger charge is -2.19. The average molecular weight is 404 g/mol. The molecule has 1 aliphatic carbocycles. The van der Waals surface area contributed by atoms with Gasteiger partial charge in [0.25, 0.3) is 0 Å². The number of rotatable bonds is 7. The van der Waals surface area contributed by atoms with Crippen LogP contribution in [-0.4, -0.2) is 27.1 Å². The van der Waals surface area contributed by atoms with Crippen LogP contribution < -0.4 is 16.4 Å². The van der Waals surface area contributed by atoms with Crippen molar-refractivity contribution in [2.45, 2.75) is 38.1 Å². The molecule has 0 aliphatic heterocycles. The van der Waals surface area contributed by atoms with Gasteiger partial charge in [-0.05, 0) is 55.2 Å². The largest absolute Gasteiger partial charge is 0.352 e. The van der Waals surface area contributed by atoms with E-state index in [0.29, 0.717) is 17.4 Å². The highest BCUT2D eigenvalue weighted by Gasteiger charge is 2.27. The van der Waals surface area contributed by atoms with Gasteiger partial charge in [-0.1, -0.05) is 24.3 Å². The third kappa shape index (κ3) is 4.65. The van der Waals surface area contributed by atoms with Gasteiger partial charge in [-0.3, -0.25) is 9.89 Å². The number of H-pyrrole nitrogens is 1. The van der Waals surface area contributed by atoms with Crippen molar-refractivity contribution in [2.75, 3.05) is 5.32 Å². The van der Waals surface area contributed by atoms with Gasteiger partial charge in [0.15, 0.2) is 5.82 Å². The van der Waals surface area contributed by atoms with E-state index >= 15 is 0 Å². The third-order valence-corrected chi connectivity index (χ3v) is 5.16. The topological polar surface area (TPSA) is 126 Å². The van der Waals surface area contributed by atoms with Crippen molar-refractivity contribution in [3.63, 3.8) is 0 Å². The smallest absolute Gasteiger partial charge is 0.312 e. The molecule has 0 saturated heterocycles. The summed E-state index contributed by atoms with van der Waals surface area (Å²) in [5, 5.41) is 12.8. The number of urea groups is 1. The average Bonchev–Trinajstić information content (AvgIpc) is 3.45. The normalized spacial score (nSPS) is 14.2. The predicted octanol–water partition coefficient (Wildman–Crippen LogP) is 3.40. The number of benzene rings is 2. The Morgan fingerprint density at radius 2 is 1.90 bits per heavy atom. The van der Waals surface area contributed by atoms with Crippen molar-refractivity contribution in [1.29, 1.82) is 0 Å². The highest BCUT2D eigenvalue weighted by Crippen LogP contribution is 2.38. The first-order valence-corrected chi connectivity index (χ1v) is 9.93. The number of carbonyl (C=O) groups is 2. The maximum Gasteiger partial charge on any atom is 0.312 e. The summed E-state index contributed by atoms with van der Waals surface area (Å²) in [5.74, 6) is 1.88. The van der Waals surface area contributed by atoms with Gasteiger partial charge in [0.1, 0.15) is 5.82 Å². The van der Waals surface area contributed by atoms with E-state index in [2.05, 4.69) is 25.8 Å². The number of nitrogens with zero attached hydrogens (tertiary/aromatic N) is 2. The lowest BCUT2D eigenvalue weighted by molar-refractivity contribution is -0.116. The molecule has 5 N–H and O–H groups in total. The number of nitrogens with two attached hydrogens (primary N) is 1. The Labute approximate surface area is 174 Å². The van der Waals surface area contributed by atoms with Crippen molar-refractivity contribution >= 4 is 17.6 Å². The third-order valence-electron chi connectivity index (χ3n) is 5.16. The van der Waals surface area contributed by atoms with Crippen LogP contribution >= 0.6 is 0 Å². The number of aromatic amines is 1. The van der Waals surface area contributed by atoms with E-state index in [1.807, 2.05) is 55.5 Å². The van der Waals surface area contributed by atoms with Gasteiger partial charge in [-0.25, -0.2) is 9.78 Å². The summed E-state index contributed by atoms with van der Waals surface area (Å²) < 4.78 is 0. The molecular formula is C22H24N6O2. The minimum absolute atomic E-state index is 0.0706. The molecule has 1 saturated carbocycles. The molecule has 3 amide bonds. The second kappa shape index (κ2) is 8.36. The summed E-state index contributed by atoms with van der Waals surface area (Å²) in [6, 6.07) is 13.8. The van der Waals surface area contributed by atoms with Gasteiger partial charge in [-0.15, -0.1) is 0 Å². The molecule has 0 spiro atoms. The van der Waals surface area contributed by atoms with E-state index < -0.39 is 12.1 Å². The van der Waals surface area contributed by atoms with Crippen molar-refractivity contribution in [1.82, 2.24) is 20.5 Å². The SMILES string of the molecule is Cc1ccccc1C(CC(=O)Nc1ccc(-c2n[nH]c(C3CC3)n2)cc1)NC(N)=O. The van der Waals surface area contributed by atoms with Crippen LogP contribution in [0.5, 0.6) is 0 Å². The molecule has 1 unspecified atom stereocenters. The molecule has 8 heteroatoms. The van der Waals surface area contributed by atoms with Crippen molar-refractivity contribution < 1.29 is 9.59 Å². The van der Waals surface area contributed by atoms with E-state index in [1.165, 1.54) is 0 Å². The van der Waals surface area contributed by atoms with Gasteiger partial charge >= 0.3 is 6.03 Å². The Morgan fingerprint density at radius 1 is 1.17 bits per heavy atom. The van der Waals surface area contributed by atoms with Gasteiger partial charge < -0.3 is 16.4 Å². The Balaban J connectivity index is 1.41. The van der Waals surface area contributed by atoms with E-state index in [4.69, 9.17) is 5.73 Å². The molecule has 3 aromatic rings. The molecule has 1 atom stereocenters. The lowest BCUT2D eigenvalue weighted by Crippen LogP contribution is -2.35. The zero-order chi connectivity index (χ0) is 21.1. The summed E-state index contributed by atoms with van der Waals surface area (Å²) >= 11 is 0. The van der Waals surface area contributed by atoms with Crippen LogP contribution in [0.2, 0.25) is 0 Å². The Bertz CT molecular complexity index is 1060. The van der Waals surface area contributed by atoms with Gasteiger partial charge in [-0.2, -0.15) is 5.10 Å². The maximum absolute atomic E-state index is 12.6. The molecule has 1 aromatic heterocycles. The molecule has 0 radical (unpaired) electrons. The quantitative estimate of drug-likeness (QED) is 0.481. The van der Waals surface area contributed by atoms with Crippen LogP contribution in [0.3, 0.4) is 0 Å². The fraction of sp³-hybridized carbons (Fsp3) is 0.273. The zero-order valence-corrected chi connectivity index (χ0v) is 16.7. The fourth-order valence-corrected chi connectivity index (χ4v) is 3.43. The van der Waals surface area contributed by atoms with Crippen molar-refractivity contribution in [2.24, 2.45) is 5.73 Å². The van der Waals surface area contributed by atoms with E-state index in [0.717, 1.165) is 35.4 Å². The number of anilines is 1. The molecule has 8 nitrogen and oxygen atoms in total. The first kappa shape index (κ1) is 19.6. The lowest BCUT2D eigenvalue weighted by atomic mass is 9.98. The van der Waals surface area contributed by atoms with Gasteiger partial charge in [0.05, 0.1) is 12.5 Å². The number of hydrogen-bond acceptors (Lipinski definition) is 4. The zero-order valence-electron chi connectivity index (χ0n) is 16.7. The van der Waals surface area contributed by atoms with E-state index in [-0.39, 0.29) is 12.3 Å². The van der Waals surface area contributed by atoms with Gasteiger partial charge in [0.2, 0.25) is 5.91 Å². The van der Waals surface area contributed by atoms with Crippen LogP contribution in [0.4, 0.5) is 10.5 Å². The van der Waals surface area contributed by atoms with Crippen LogP contribution in [0.25, 0.3) is 11.4 Å². The van der Waals surface area contributed by atoms with Gasteiger partial charge in [0, 0.05) is 17.2 Å². The van der Waals surface area contributed by atoms with Crippen LogP contribution in [0, 0.1) is 6.92 Å². The molecular weight excluding hydrogens is 380 g/mol. The number of hydrogen-bond donors (Lipinski definition) is 4. The standard InChI is InChI=1S/C22H24N6O2/c1-13-4-2-3-5-17(13)18(25-22(23)30)12-19(29)24-16-10-8-15(9-11-16)21-26-20(27-28-21)14-6-7-14/h2-5,8-11,14,18H,6-7,12H2,1H3,(H,24,29)(H3,23,25,30)(H,26,27,28). The monoisotopic (exact) mass is 404 g/mol. The number of aryl methyl sites for hydroxylation is 1. The molecule has 1 aliphatic rings. The minimum Gasteiger partial charge on any atom is -0.352 e. The minimum atomic E-state index is -0.669. The Kier molecular flexibility index (Phi) is 5.47. The fourth-order valence-electron chi connectivity index (χ4n) is 3.43. The molecule has 2 aromatic carbocycles. The van der Waals surface area contributed by atoms with Crippen molar-refractivity contribution in [3.8, 4) is 11.4 Å². The number of primary amides is 1. The molecule has 0 bridgehead atoms. The summed E-state index contributed by atoms with van der Waals surface area (Å²) in [5.41, 5.74) is 8.68. The summed E-state index contributed by atoms with van der Waals surface area (Å²) in [4.78, 5) is 28.6. The molecule has 154 valence electrons.